The van der Waals surface area contributed by atoms with E-state index in [1.54, 1.807) is 6.92 Å². The summed E-state index contributed by atoms with van der Waals surface area (Å²) in [5.74, 6) is -1.60. The first kappa shape index (κ1) is 11.9. The van der Waals surface area contributed by atoms with Gasteiger partial charge >= 0.3 is 11.9 Å². The van der Waals surface area contributed by atoms with Crippen molar-refractivity contribution < 1.29 is 19.4 Å². The normalized spacial score (nSPS) is 10.4. The van der Waals surface area contributed by atoms with E-state index in [4.69, 9.17) is 5.11 Å². The number of methoxy groups -OCH3 is 1. The molecule has 0 saturated carbocycles. The van der Waals surface area contributed by atoms with E-state index < -0.39 is 11.9 Å². The van der Waals surface area contributed by atoms with Crippen molar-refractivity contribution in [3.63, 3.8) is 0 Å². The molecule has 0 aliphatic heterocycles. The second-order valence-electron chi connectivity index (χ2n) is 3.07. The molecule has 5 nitrogen and oxygen atoms in total. The molecule has 0 aromatic carbocycles. The van der Waals surface area contributed by atoms with Crippen LogP contribution in [0.4, 0.5) is 0 Å². The summed E-state index contributed by atoms with van der Waals surface area (Å²) in [4.78, 5) is 25.7. The van der Waals surface area contributed by atoms with Gasteiger partial charge in [-0.1, -0.05) is 0 Å². The van der Waals surface area contributed by atoms with Gasteiger partial charge in [0.05, 0.1) is 12.7 Å². The van der Waals surface area contributed by atoms with Crippen LogP contribution in [0.2, 0.25) is 0 Å². The molecule has 0 saturated heterocycles. The minimum Gasteiger partial charge on any atom is -0.478 e. The van der Waals surface area contributed by atoms with Crippen LogP contribution in [-0.2, 0) is 9.53 Å². The van der Waals surface area contributed by atoms with Crippen LogP contribution in [0.5, 0.6) is 0 Å². The topological polar surface area (TPSA) is 76.5 Å². The lowest BCUT2D eigenvalue weighted by Crippen LogP contribution is -2.02. The van der Waals surface area contributed by atoms with Crippen LogP contribution in [0.15, 0.2) is 18.3 Å². The van der Waals surface area contributed by atoms with E-state index in [1.807, 2.05) is 0 Å². The van der Waals surface area contributed by atoms with Gasteiger partial charge in [0.15, 0.2) is 0 Å². The monoisotopic (exact) mass is 221 g/mol. The smallest absolute Gasteiger partial charge is 0.336 e. The molecule has 0 fully saturated rings. The molecule has 1 aromatic heterocycles. The lowest BCUT2D eigenvalue weighted by Gasteiger charge is -2.01. The Bertz CT molecular complexity index is 451. The standard InChI is InChI=1S/C11H11NO4/c1-7-5-9(11(14)15)8(6-12-7)3-4-10(13)16-2/h3-6H,1-2H3,(H,14,15)/b4-3+. The Balaban J connectivity index is 3.09. The Morgan fingerprint density at radius 3 is 2.75 bits per heavy atom. The van der Waals surface area contributed by atoms with E-state index >= 15 is 0 Å². The van der Waals surface area contributed by atoms with E-state index in [2.05, 4.69) is 9.72 Å². The molecule has 84 valence electrons. The number of hydrogen-bond donors (Lipinski definition) is 1. The quantitative estimate of drug-likeness (QED) is 0.614. The van der Waals surface area contributed by atoms with Crippen LogP contribution in [0.1, 0.15) is 21.6 Å². The van der Waals surface area contributed by atoms with Crippen molar-refractivity contribution in [3.05, 3.63) is 35.2 Å². The Labute approximate surface area is 92.4 Å². The molecule has 0 spiro atoms. The molecule has 0 radical (unpaired) electrons. The number of esters is 1. The molecule has 0 aliphatic carbocycles. The number of carbonyl (C=O) groups is 2. The van der Waals surface area contributed by atoms with Crippen molar-refractivity contribution in [1.82, 2.24) is 4.98 Å². The lowest BCUT2D eigenvalue weighted by atomic mass is 10.1. The van der Waals surface area contributed by atoms with Crippen molar-refractivity contribution in [2.45, 2.75) is 6.92 Å². The highest BCUT2D eigenvalue weighted by atomic mass is 16.5. The van der Waals surface area contributed by atoms with E-state index in [-0.39, 0.29) is 5.56 Å². The number of rotatable bonds is 3. The number of carbonyl (C=O) groups excluding carboxylic acids is 1. The van der Waals surface area contributed by atoms with E-state index in [1.165, 1.54) is 25.4 Å². The number of nitrogens with zero attached hydrogens (tertiary/aromatic N) is 1. The second kappa shape index (κ2) is 5.06. The van der Waals surface area contributed by atoms with Crippen molar-refractivity contribution in [3.8, 4) is 0 Å². The molecule has 0 unspecified atom stereocenters. The maximum atomic E-state index is 10.9. The number of aryl methyl sites for hydroxylation is 1. The van der Waals surface area contributed by atoms with Gasteiger partial charge in [0.2, 0.25) is 0 Å². The zero-order chi connectivity index (χ0) is 12.1. The Morgan fingerprint density at radius 1 is 1.50 bits per heavy atom. The van der Waals surface area contributed by atoms with E-state index in [0.717, 1.165) is 6.08 Å². The largest absolute Gasteiger partial charge is 0.478 e. The van der Waals surface area contributed by atoms with Gasteiger partial charge in [0.1, 0.15) is 0 Å². The number of hydrogen-bond acceptors (Lipinski definition) is 4. The summed E-state index contributed by atoms with van der Waals surface area (Å²) in [6.45, 7) is 1.69. The third-order valence-electron chi connectivity index (χ3n) is 1.90. The summed E-state index contributed by atoms with van der Waals surface area (Å²) in [5, 5.41) is 8.93. The van der Waals surface area contributed by atoms with Gasteiger partial charge in [-0.2, -0.15) is 0 Å². The molecule has 0 atom stereocenters. The molecule has 1 N–H and O–H groups in total. The van der Waals surface area contributed by atoms with Crippen LogP contribution in [0.25, 0.3) is 6.08 Å². The van der Waals surface area contributed by atoms with Crippen molar-refractivity contribution in [2.24, 2.45) is 0 Å². The molecule has 0 amide bonds. The molecule has 16 heavy (non-hydrogen) atoms. The van der Waals surface area contributed by atoms with Crippen LogP contribution in [0, 0.1) is 6.92 Å². The Morgan fingerprint density at radius 2 is 2.19 bits per heavy atom. The summed E-state index contributed by atoms with van der Waals surface area (Å²) < 4.78 is 4.40. The van der Waals surface area contributed by atoms with Gasteiger partial charge in [-0.05, 0) is 19.1 Å². The van der Waals surface area contributed by atoms with Crippen LogP contribution in [-0.4, -0.2) is 29.1 Å². The Kier molecular flexibility index (Phi) is 3.77. The highest BCUT2D eigenvalue weighted by Gasteiger charge is 2.08. The summed E-state index contributed by atoms with van der Waals surface area (Å²) >= 11 is 0. The van der Waals surface area contributed by atoms with Gasteiger partial charge in [-0.15, -0.1) is 0 Å². The number of ether oxygens (including phenoxy) is 1. The predicted molar refractivity (Wildman–Crippen MR) is 57.0 cm³/mol. The Hall–Kier alpha value is -2.17. The number of aromatic nitrogens is 1. The van der Waals surface area contributed by atoms with Crippen LogP contribution >= 0.6 is 0 Å². The first-order valence-electron chi connectivity index (χ1n) is 4.50. The highest BCUT2D eigenvalue weighted by molar-refractivity contribution is 5.94. The van der Waals surface area contributed by atoms with Gasteiger partial charge < -0.3 is 9.84 Å². The SMILES string of the molecule is COC(=O)/C=C/c1cnc(C)cc1C(=O)O. The van der Waals surface area contributed by atoms with E-state index in [0.29, 0.717) is 11.3 Å². The molecular weight excluding hydrogens is 210 g/mol. The fourth-order valence-corrected chi connectivity index (χ4v) is 1.11. The van der Waals surface area contributed by atoms with Gasteiger partial charge in [-0.3, -0.25) is 4.98 Å². The zero-order valence-electron chi connectivity index (χ0n) is 8.93. The maximum absolute atomic E-state index is 10.9. The fraction of sp³-hybridized carbons (Fsp3) is 0.182. The number of aromatic carboxylic acids is 1. The minimum atomic E-state index is -1.06. The van der Waals surface area contributed by atoms with Crippen LogP contribution in [0.3, 0.4) is 0 Å². The van der Waals surface area contributed by atoms with Crippen molar-refractivity contribution in [1.29, 1.82) is 0 Å². The van der Waals surface area contributed by atoms with Gasteiger partial charge in [0.25, 0.3) is 0 Å². The third kappa shape index (κ3) is 2.91. The molecule has 1 heterocycles. The summed E-state index contributed by atoms with van der Waals surface area (Å²) in [7, 11) is 1.25. The predicted octanol–water partition coefficient (Wildman–Crippen LogP) is 1.27. The second-order valence-corrected chi connectivity index (χ2v) is 3.07. The molecule has 0 bridgehead atoms. The summed E-state index contributed by atoms with van der Waals surface area (Å²) in [5.41, 5.74) is 1.07. The van der Waals surface area contributed by atoms with E-state index in [9.17, 15) is 9.59 Å². The van der Waals surface area contributed by atoms with Gasteiger partial charge in [0, 0.05) is 23.5 Å². The van der Waals surface area contributed by atoms with Crippen LogP contribution < -0.4 is 0 Å². The molecule has 5 heteroatoms. The molecule has 1 aromatic rings. The maximum Gasteiger partial charge on any atom is 0.336 e. The number of carboxylic acid groups (broad SMARTS) is 1. The summed E-state index contributed by atoms with van der Waals surface area (Å²) in [6, 6.07) is 1.44. The molecule has 0 aliphatic rings. The highest BCUT2D eigenvalue weighted by Crippen LogP contribution is 2.11. The molecular formula is C11H11NO4. The third-order valence-corrected chi connectivity index (χ3v) is 1.90. The number of pyridine rings is 1. The minimum absolute atomic E-state index is 0.104. The lowest BCUT2D eigenvalue weighted by molar-refractivity contribution is -0.134. The zero-order valence-corrected chi connectivity index (χ0v) is 8.93. The first-order chi connectivity index (χ1) is 7.54. The average molecular weight is 221 g/mol. The molecule has 1 rings (SSSR count). The van der Waals surface area contributed by atoms with Gasteiger partial charge in [-0.25, -0.2) is 9.59 Å². The fourth-order valence-electron chi connectivity index (χ4n) is 1.11. The number of carboxylic acids is 1. The van der Waals surface area contributed by atoms with Crippen molar-refractivity contribution in [2.75, 3.05) is 7.11 Å². The summed E-state index contributed by atoms with van der Waals surface area (Å²) in [6.07, 6.45) is 3.92. The van der Waals surface area contributed by atoms with Crippen molar-refractivity contribution >= 4 is 18.0 Å². The average Bonchev–Trinajstić information content (AvgIpc) is 2.26. The first-order valence-corrected chi connectivity index (χ1v) is 4.50.